The van der Waals surface area contributed by atoms with Crippen LogP contribution in [0, 0.1) is 6.08 Å². The largest absolute Gasteiger partial charge is 0.0906 e. The molecular formula is C8H5Cl2. The lowest BCUT2D eigenvalue weighted by Crippen LogP contribution is -1.72. The Morgan fingerprint density at radius 3 is 2.00 bits per heavy atom. The fourth-order valence-corrected chi connectivity index (χ4v) is 1.18. The van der Waals surface area contributed by atoms with E-state index in [0.717, 1.165) is 5.56 Å². The van der Waals surface area contributed by atoms with E-state index in [0.29, 0.717) is 10.0 Å². The predicted molar refractivity (Wildman–Crippen MR) is 44.4 cm³/mol. The molecule has 0 saturated carbocycles. The van der Waals surface area contributed by atoms with E-state index >= 15 is 0 Å². The van der Waals surface area contributed by atoms with E-state index < -0.39 is 0 Å². The topological polar surface area (TPSA) is 0 Å². The van der Waals surface area contributed by atoms with E-state index in [1.807, 2.05) is 0 Å². The molecule has 0 N–H and O–H groups in total. The van der Waals surface area contributed by atoms with Crippen LogP contribution >= 0.6 is 23.2 Å². The molecule has 0 saturated heterocycles. The minimum Gasteiger partial charge on any atom is -0.0906 e. The maximum absolute atomic E-state index is 5.68. The molecular weight excluding hydrogens is 167 g/mol. The Balaban J connectivity index is 3.18. The lowest BCUT2D eigenvalue weighted by molar-refractivity contribution is 1.58. The molecule has 0 unspecified atom stereocenters. The second kappa shape index (κ2) is 3.09. The van der Waals surface area contributed by atoms with Crippen LogP contribution in [0.3, 0.4) is 0 Å². The summed E-state index contributed by atoms with van der Waals surface area (Å²) in [6.45, 7) is 3.47. The van der Waals surface area contributed by atoms with Crippen molar-refractivity contribution in [2.24, 2.45) is 0 Å². The van der Waals surface area contributed by atoms with Crippen molar-refractivity contribution in [2.45, 2.75) is 0 Å². The quantitative estimate of drug-likeness (QED) is 0.609. The summed E-state index contributed by atoms with van der Waals surface area (Å²) in [6.07, 6.45) is 2.69. The van der Waals surface area contributed by atoms with Gasteiger partial charge in [0.25, 0.3) is 0 Å². The van der Waals surface area contributed by atoms with Gasteiger partial charge in [-0.1, -0.05) is 29.8 Å². The molecule has 1 aromatic carbocycles. The van der Waals surface area contributed by atoms with Gasteiger partial charge in [0.1, 0.15) is 0 Å². The Morgan fingerprint density at radius 1 is 1.10 bits per heavy atom. The molecule has 2 heteroatoms. The van der Waals surface area contributed by atoms with Gasteiger partial charge in [-0.05, 0) is 29.8 Å². The van der Waals surface area contributed by atoms with E-state index in [2.05, 4.69) is 12.7 Å². The van der Waals surface area contributed by atoms with Crippen molar-refractivity contribution in [1.29, 1.82) is 0 Å². The predicted octanol–water partition coefficient (Wildman–Crippen LogP) is 3.33. The summed E-state index contributed by atoms with van der Waals surface area (Å²) < 4.78 is 0. The first kappa shape index (κ1) is 7.64. The van der Waals surface area contributed by atoms with Crippen LogP contribution in [0.25, 0.3) is 0 Å². The van der Waals surface area contributed by atoms with Crippen molar-refractivity contribution >= 4 is 23.2 Å². The van der Waals surface area contributed by atoms with Gasteiger partial charge in [-0.3, -0.25) is 0 Å². The molecule has 0 aliphatic carbocycles. The van der Waals surface area contributed by atoms with Crippen LogP contribution in [0.1, 0.15) is 5.56 Å². The highest BCUT2D eigenvalue weighted by Gasteiger charge is 1.93. The van der Waals surface area contributed by atoms with E-state index in [-0.39, 0.29) is 0 Å². The van der Waals surface area contributed by atoms with Gasteiger partial charge in [0.15, 0.2) is 0 Å². The maximum Gasteiger partial charge on any atom is 0.0426 e. The molecule has 10 heavy (non-hydrogen) atoms. The summed E-state index contributed by atoms with van der Waals surface area (Å²) in [4.78, 5) is 0. The molecule has 1 radical (unpaired) electrons. The third-order valence-electron chi connectivity index (χ3n) is 1.07. The molecule has 0 heterocycles. The maximum atomic E-state index is 5.68. The third kappa shape index (κ3) is 1.76. The summed E-state index contributed by atoms with van der Waals surface area (Å²) in [5.41, 5.74) is 0.817. The van der Waals surface area contributed by atoms with Gasteiger partial charge < -0.3 is 0 Å². The summed E-state index contributed by atoms with van der Waals surface area (Å²) in [5.74, 6) is 0. The summed E-state index contributed by atoms with van der Waals surface area (Å²) in [5, 5.41) is 1.22. The summed E-state index contributed by atoms with van der Waals surface area (Å²) in [7, 11) is 0. The average molecular weight is 172 g/mol. The lowest BCUT2D eigenvalue weighted by atomic mass is 10.2. The van der Waals surface area contributed by atoms with E-state index in [4.69, 9.17) is 23.2 Å². The molecule has 0 nitrogen and oxygen atoms in total. The third-order valence-corrected chi connectivity index (χ3v) is 1.50. The Morgan fingerprint density at radius 2 is 1.60 bits per heavy atom. The zero-order valence-electron chi connectivity index (χ0n) is 5.20. The number of hydrogen-bond acceptors (Lipinski definition) is 0. The van der Waals surface area contributed by atoms with Crippen molar-refractivity contribution in [1.82, 2.24) is 0 Å². The minimum atomic E-state index is 0.610. The van der Waals surface area contributed by atoms with Gasteiger partial charge in [0.05, 0.1) is 0 Å². The molecule has 0 aliphatic rings. The van der Waals surface area contributed by atoms with Gasteiger partial charge in [-0.25, -0.2) is 0 Å². The number of rotatable bonds is 1. The van der Waals surface area contributed by atoms with E-state index in [1.54, 1.807) is 18.2 Å². The second-order valence-electron chi connectivity index (χ2n) is 1.83. The fraction of sp³-hybridized carbons (Fsp3) is 0. The molecule has 0 spiro atoms. The van der Waals surface area contributed by atoms with E-state index in [9.17, 15) is 0 Å². The van der Waals surface area contributed by atoms with Gasteiger partial charge in [0.2, 0.25) is 0 Å². The first-order chi connectivity index (χ1) is 4.72. The highest BCUT2D eigenvalue weighted by molar-refractivity contribution is 6.34. The molecule has 0 bridgehead atoms. The second-order valence-corrected chi connectivity index (χ2v) is 2.71. The van der Waals surface area contributed by atoms with Crippen LogP contribution in [0.4, 0.5) is 0 Å². The first-order valence-electron chi connectivity index (χ1n) is 2.71. The zero-order valence-corrected chi connectivity index (χ0v) is 6.71. The number of benzene rings is 1. The summed E-state index contributed by atoms with van der Waals surface area (Å²) >= 11 is 11.4. The van der Waals surface area contributed by atoms with Crippen molar-refractivity contribution < 1.29 is 0 Å². The summed E-state index contributed by atoms with van der Waals surface area (Å²) in [6, 6.07) is 5.17. The lowest BCUT2D eigenvalue weighted by Gasteiger charge is -1.94. The van der Waals surface area contributed by atoms with Crippen molar-refractivity contribution in [3.05, 3.63) is 46.5 Å². The standard InChI is InChI=1S/C8H5Cl2/c1-2-6-3-7(9)5-8(10)4-6/h3-5H,1H2. The van der Waals surface area contributed by atoms with Gasteiger partial charge in [0, 0.05) is 10.0 Å². The number of hydrogen-bond donors (Lipinski definition) is 0. The van der Waals surface area contributed by atoms with Gasteiger partial charge in [-0.15, -0.1) is 0 Å². The first-order valence-corrected chi connectivity index (χ1v) is 3.47. The van der Waals surface area contributed by atoms with Gasteiger partial charge in [-0.2, -0.15) is 0 Å². The molecule has 0 atom stereocenters. The molecule has 0 aliphatic heterocycles. The molecule has 0 fully saturated rings. The van der Waals surface area contributed by atoms with Gasteiger partial charge >= 0.3 is 0 Å². The molecule has 1 rings (SSSR count). The van der Waals surface area contributed by atoms with Crippen molar-refractivity contribution in [3.63, 3.8) is 0 Å². The minimum absolute atomic E-state index is 0.610. The molecule has 51 valence electrons. The normalized spacial score (nSPS) is 9.40. The smallest absolute Gasteiger partial charge is 0.0426 e. The Bertz CT molecular complexity index is 233. The fourth-order valence-electron chi connectivity index (χ4n) is 0.656. The average Bonchev–Trinajstić information content (AvgIpc) is 1.85. The molecule has 1 aromatic rings. The van der Waals surface area contributed by atoms with Crippen LogP contribution in [-0.2, 0) is 0 Å². The monoisotopic (exact) mass is 171 g/mol. The highest BCUT2D eigenvalue weighted by atomic mass is 35.5. The van der Waals surface area contributed by atoms with Crippen molar-refractivity contribution in [3.8, 4) is 0 Å². The van der Waals surface area contributed by atoms with Crippen LogP contribution in [0.15, 0.2) is 24.8 Å². The highest BCUT2D eigenvalue weighted by Crippen LogP contribution is 2.18. The van der Waals surface area contributed by atoms with Crippen molar-refractivity contribution in [2.75, 3.05) is 0 Å². The zero-order chi connectivity index (χ0) is 7.56. The number of halogens is 2. The van der Waals surface area contributed by atoms with Crippen LogP contribution in [0.5, 0.6) is 0 Å². The van der Waals surface area contributed by atoms with Crippen LogP contribution < -0.4 is 0 Å². The SMILES string of the molecule is C=[C]c1cc(Cl)cc(Cl)c1. The molecule has 0 amide bonds. The van der Waals surface area contributed by atoms with E-state index in [1.165, 1.54) is 0 Å². The van der Waals surface area contributed by atoms with Crippen LogP contribution in [-0.4, -0.2) is 0 Å². The molecule has 0 aromatic heterocycles. The van der Waals surface area contributed by atoms with Crippen LogP contribution in [0.2, 0.25) is 10.0 Å². The Hall–Kier alpha value is -0.460. The Labute approximate surface area is 70.1 Å². The Kier molecular flexibility index (Phi) is 2.36.